The zero-order chi connectivity index (χ0) is 15.3. The Balaban J connectivity index is 2.75. The Morgan fingerprint density at radius 3 is 2.15 bits per heavy atom. The molecule has 0 saturated carbocycles. The summed E-state index contributed by atoms with van der Waals surface area (Å²) in [5.74, 6) is 0.451. The van der Waals surface area contributed by atoms with E-state index in [-0.39, 0.29) is 0 Å². The predicted molar refractivity (Wildman–Crippen MR) is 89.5 cm³/mol. The Morgan fingerprint density at radius 1 is 1.15 bits per heavy atom. The van der Waals surface area contributed by atoms with Crippen LogP contribution in [-0.4, -0.2) is 26.6 Å². The Hall–Kier alpha value is -0.123. The zero-order valence-corrected chi connectivity index (χ0v) is 15.3. The first-order chi connectivity index (χ1) is 9.34. The molecular weight excluding hydrogens is 264 g/mol. The fourth-order valence-corrected chi connectivity index (χ4v) is 9.51. The van der Waals surface area contributed by atoms with E-state index in [0.29, 0.717) is 29.1 Å². The number of allylic oxidation sites excluding steroid dienone is 1. The largest absolute Gasteiger partial charge is 0.412 e. The van der Waals surface area contributed by atoms with Crippen molar-refractivity contribution in [3.63, 3.8) is 0 Å². The van der Waals surface area contributed by atoms with Crippen molar-refractivity contribution < 1.29 is 9.53 Å². The van der Waals surface area contributed by atoms with Crippen LogP contribution in [0, 0.1) is 5.92 Å². The summed E-state index contributed by atoms with van der Waals surface area (Å²) in [5.41, 5.74) is 3.33. The van der Waals surface area contributed by atoms with Gasteiger partial charge < -0.3 is 9.53 Å². The van der Waals surface area contributed by atoms with Crippen LogP contribution in [0.2, 0.25) is 16.6 Å². The molecule has 0 radical (unpaired) electrons. The van der Waals surface area contributed by atoms with Crippen LogP contribution in [0.4, 0.5) is 0 Å². The molecule has 118 valence electrons. The van der Waals surface area contributed by atoms with Crippen LogP contribution in [0.15, 0.2) is 11.6 Å². The average molecular weight is 299 g/mol. The van der Waals surface area contributed by atoms with Gasteiger partial charge in [-0.15, -0.1) is 0 Å². The molecule has 0 spiro atoms. The molecule has 0 aromatic carbocycles. The van der Waals surface area contributed by atoms with Gasteiger partial charge in [0.2, 0.25) is 8.32 Å². The third-order valence-corrected chi connectivity index (χ3v) is 11.1. The molecule has 20 heavy (non-hydrogen) atoms. The van der Waals surface area contributed by atoms with E-state index in [9.17, 15) is 5.11 Å². The third-order valence-electron chi connectivity index (χ3n) is 5.03. The third kappa shape index (κ3) is 3.96. The van der Waals surface area contributed by atoms with Gasteiger partial charge in [0.1, 0.15) is 0 Å². The molecule has 0 heterocycles. The van der Waals surface area contributed by atoms with Crippen molar-refractivity contribution in [2.24, 2.45) is 5.92 Å². The zero-order valence-electron chi connectivity index (χ0n) is 14.3. The van der Waals surface area contributed by atoms with Gasteiger partial charge in [-0.1, -0.05) is 47.6 Å². The number of aliphatic hydroxyl groups is 1. The number of aliphatic hydroxyl groups excluding tert-OH is 1. The number of hydrogen-bond acceptors (Lipinski definition) is 2. The first kappa shape index (κ1) is 17.9. The Bertz CT molecular complexity index is 299. The van der Waals surface area contributed by atoms with Crippen molar-refractivity contribution in [3.8, 4) is 0 Å². The first-order valence-electron chi connectivity index (χ1n) is 8.27. The van der Waals surface area contributed by atoms with Gasteiger partial charge in [0.15, 0.2) is 0 Å². The van der Waals surface area contributed by atoms with E-state index < -0.39 is 8.32 Å². The van der Waals surface area contributed by atoms with Crippen molar-refractivity contribution in [1.82, 2.24) is 0 Å². The summed E-state index contributed by atoms with van der Waals surface area (Å²) in [7, 11) is -1.75. The molecule has 0 aliphatic heterocycles. The fourth-order valence-electron chi connectivity index (χ4n) is 4.07. The molecule has 3 heteroatoms. The van der Waals surface area contributed by atoms with Crippen LogP contribution in [0.5, 0.6) is 0 Å². The minimum Gasteiger partial charge on any atom is -0.412 e. The lowest BCUT2D eigenvalue weighted by Gasteiger charge is -2.42. The highest BCUT2D eigenvalue weighted by Gasteiger charge is 2.45. The van der Waals surface area contributed by atoms with Crippen LogP contribution in [-0.2, 0) is 4.43 Å². The highest BCUT2D eigenvalue weighted by Crippen LogP contribution is 2.42. The van der Waals surface area contributed by atoms with E-state index in [1.165, 1.54) is 5.57 Å². The van der Waals surface area contributed by atoms with E-state index in [2.05, 4.69) is 47.6 Å². The van der Waals surface area contributed by atoms with Crippen molar-refractivity contribution in [2.45, 2.75) is 77.4 Å². The minimum atomic E-state index is -1.75. The lowest BCUT2D eigenvalue weighted by molar-refractivity contribution is 0.207. The normalized spacial score (nSPS) is 20.9. The smallest absolute Gasteiger partial charge is 0.200 e. The standard InChI is InChI=1S/C17H34O2Si/c1-13(2)20(14(3)4,15(5)6)19-12-17-9-7-8-16(10-17)11-18/h9,13-16,18H,7-8,10-12H2,1-6H3/t16-/m1/s1. The van der Waals surface area contributed by atoms with Crippen LogP contribution >= 0.6 is 0 Å². The van der Waals surface area contributed by atoms with E-state index in [4.69, 9.17) is 4.43 Å². The maximum absolute atomic E-state index is 9.34. The Kier molecular flexibility index (Phi) is 6.96. The molecule has 0 unspecified atom stereocenters. The highest BCUT2D eigenvalue weighted by atomic mass is 28.4. The molecule has 1 aliphatic carbocycles. The molecule has 1 rings (SSSR count). The summed E-state index contributed by atoms with van der Waals surface area (Å²) in [6.07, 6.45) is 5.59. The van der Waals surface area contributed by atoms with E-state index in [0.717, 1.165) is 25.9 Å². The van der Waals surface area contributed by atoms with Crippen molar-refractivity contribution in [3.05, 3.63) is 11.6 Å². The van der Waals surface area contributed by atoms with Crippen molar-refractivity contribution in [1.29, 1.82) is 0 Å². The van der Waals surface area contributed by atoms with Gasteiger partial charge in [0.25, 0.3) is 0 Å². The SMILES string of the molecule is CC(C)[Si](OCC1=CCC[C@@H](CO)C1)(C(C)C)C(C)C. The quantitative estimate of drug-likeness (QED) is 0.535. The lowest BCUT2D eigenvalue weighted by Crippen LogP contribution is -2.48. The summed E-state index contributed by atoms with van der Waals surface area (Å²) in [5, 5.41) is 9.34. The number of rotatable bonds is 7. The Morgan fingerprint density at radius 2 is 1.70 bits per heavy atom. The van der Waals surface area contributed by atoms with Crippen LogP contribution in [0.3, 0.4) is 0 Å². The molecule has 0 amide bonds. The molecule has 2 nitrogen and oxygen atoms in total. The van der Waals surface area contributed by atoms with Gasteiger partial charge in [0, 0.05) is 6.61 Å². The van der Waals surface area contributed by atoms with Crippen LogP contribution in [0.25, 0.3) is 0 Å². The van der Waals surface area contributed by atoms with Gasteiger partial charge >= 0.3 is 0 Å². The second-order valence-electron chi connectivity index (χ2n) is 7.30. The molecule has 1 atom stereocenters. The monoisotopic (exact) mass is 298 g/mol. The van der Waals surface area contributed by atoms with E-state index in [1.807, 2.05) is 0 Å². The molecule has 1 N–H and O–H groups in total. The summed E-state index contributed by atoms with van der Waals surface area (Å²) in [4.78, 5) is 0. The van der Waals surface area contributed by atoms with Gasteiger partial charge in [-0.3, -0.25) is 0 Å². The lowest BCUT2D eigenvalue weighted by atomic mass is 9.90. The van der Waals surface area contributed by atoms with E-state index in [1.54, 1.807) is 0 Å². The summed E-state index contributed by atoms with van der Waals surface area (Å²) >= 11 is 0. The van der Waals surface area contributed by atoms with Crippen LogP contribution < -0.4 is 0 Å². The molecule has 0 saturated heterocycles. The van der Waals surface area contributed by atoms with Crippen LogP contribution in [0.1, 0.15) is 60.8 Å². The molecule has 0 bridgehead atoms. The predicted octanol–water partition coefficient (Wildman–Crippen LogP) is 4.90. The second-order valence-corrected chi connectivity index (χ2v) is 12.8. The summed E-state index contributed by atoms with van der Waals surface area (Å²) in [6, 6.07) is 0. The Labute approximate surface area is 126 Å². The maximum Gasteiger partial charge on any atom is 0.200 e. The van der Waals surface area contributed by atoms with Gasteiger partial charge in [0.05, 0.1) is 6.61 Å². The topological polar surface area (TPSA) is 29.5 Å². The summed E-state index contributed by atoms with van der Waals surface area (Å²) in [6.45, 7) is 15.1. The molecule has 0 aromatic rings. The van der Waals surface area contributed by atoms with Gasteiger partial charge in [-0.05, 0) is 47.4 Å². The maximum atomic E-state index is 9.34. The molecule has 0 aromatic heterocycles. The van der Waals surface area contributed by atoms with Gasteiger partial charge in [-0.25, -0.2) is 0 Å². The molecular formula is C17H34O2Si. The van der Waals surface area contributed by atoms with Gasteiger partial charge in [-0.2, -0.15) is 0 Å². The van der Waals surface area contributed by atoms with E-state index >= 15 is 0 Å². The summed E-state index contributed by atoms with van der Waals surface area (Å²) < 4.78 is 6.64. The fraction of sp³-hybridized carbons (Fsp3) is 0.882. The van der Waals surface area contributed by atoms with Crippen molar-refractivity contribution in [2.75, 3.05) is 13.2 Å². The first-order valence-corrected chi connectivity index (χ1v) is 10.4. The highest BCUT2D eigenvalue weighted by molar-refractivity contribution is 6.77. The molecule has 1 aliphatic rings. The average Bonchev–Trinajstić information content (AvgIpc) is 2.38. The minimum absolute atomic E-state index is 0.318. The van der Waals surface area contributed by atoms with Crippen molar-refractivity contribution >= 4 is 8.32 Å². The number of hydrogen-bond donors (Lipinski definition) is 1. The second kappa shape index (κ2) is 7.76. The molecule has 0 fully saturated rings.